The molecule has 1 unspecified atom stereocenters. The first kappa shape index (κ1) is 16.6. The Balaban J connectivity index is 0. The van der Waals surface area contributed by atoms with Gasteiger partial charge in [0.25, 0.3) is 0 Å². The van der Waals surface area contributed by atoms with Crippen molar-refractivity contribution in [3.63, 3.8) is 0 Å². The summed E-state index contributed by atoms with van der Waals surface area (Å²) in [6.07, 6.45) is -6.74. The molecule has 1 radical (unpaired) electrons. The van der Waals surface area contributed by atoms with E-state index in [-0.39, 0.29) is 29.4 Å². The van der Waals surface area contributed by atoms with Gasteiger partial charge in [-0.3, -0.25) is 0 Å². The van der Waals surface area contributed by atoms with Crippen LogP contribution in [0.3, 0.4) is 0 Å². The minimum Gasteiger partial charge on any atom is -0.391 e. The average molecular weight is 258 g/mol. The van der Waals surface area contributed by atoms with Gasteiger partial charge < -0.3 is 10.0 Å². The quantitative estimate of drug-likeness (QED) is 0.828. The van der Waals surface area contributed by atoms with Crippen molar-refractivity contribution in [1.29, 1.82) is 0 Å². The molecule has 0 fully saturated rings. The van der Waals surface area contributed by atoms with Gasteiger partial charge in [-0.15, -0.1) is 0 Å². The van der Waals surface area contributed by atoms with Gasteiger partial charge in [0.05, 0.1) is 12.5 Å². The fourth-order valence-corrected chi connectivity index (χ4v) is 0.875. The monoisotopic (exact) mass is 258 g/mol. The van der Waals surface area contributed by atoms with Crippen LogP contribution in [-0.2, 0) is 16.8 Å². The molecule has 0 saturated carbocycles. The molecule has 1 atom stereocenters. The second-order valence-electron chi connectivity index (χ2n) is 3.51. The Labute approximate surface area is 92.7 Å². The first-order valence-corrected chi connectivity index (χ1v) is 4.17. The zero-order valence-corrected chi connectivity index (χ0v) is 9.47. The summed E-state index contributed by atoms with van der Waals surface area (Å²) in [5.41, 5.74) is 0. The number of alkyl halides is 3. The first-order chi connectivity index (χ1) is 5.72. The topological polar surface area (TPSA) is 23.5 Å². The molecular formula is C8H16CoF3NO. The largest absolute Gasteiger partial charge is 0.391 e. The van der Waals surface area contributed by atoms with Gasteiger partial charge in [0.15, 0.2) is 0 Å². The van der Waals surface area contributed by atoms with Gasteiger partial charge in [-0.2, -0.15) is 13.2 Å². The third-order valence-electron chi connectivity index (χ3n) is 1.85. The summed E-state index contributed by atoms with van der Waals surface area (Å²) >= 11 is 0. The van der Waals surface area contributed by atoms with Crippen LogP contribution in [-0.4, -0.2) is 41.9 Å². The Hall–Kier alpha value is 0.216. The Morgan fingerprint density at radius 2 is 1.71 bits per heavy atom. The van der Waals surface area contributed by atoms with Crippen molar-refractivity contribution in [2.24, 2.45) is 0 Å². The molecule has 0 aliphatic carbocycles. The molecule has 14 heavy (non-hydrogen) atoms. The molecule has 1 N–H and O–H groups in total. The Kier molecular flexibility index (Phi) is 7.91. The third kappa shape index (κ3) is 8.80. The Bertz CT molecular complexity index is 152. The van der Waals surface area contributed by atoms with Gasteiger partial charge in [0, 0.05) is 29.4 Å². The van der Waals surface area contributed by atoms with E-state index in [1.165, 1.54) is 0 Å². The van der Waals surface area contributed by atoms with E-state index in [1.807, 2.05) is 13.8 Å². The molecule has 0 saturated heterocycles. The summed E-state index contributed by atoms with van der Waals surface area (Å²) in [6, 6.07) is 0.142. The number of halogens is 3. The van der Waals surface area contributed by atoms with Crippen molar-refractivity contribution in [1.82, 2.24) is 4.90 Å². The smallest absolute Gasteiger partial charge is 0.391 e. The van der Waals surface area contributed by atoms with Crippen LogP contribution < -0.4 is 0 Å². The second kappa shape index (κ2) is 6.65. The molecule has 0 aromatic carbocycles. The minimum atomic E-state index is -4.28. The summed E-state index contributed by atoms with van der Waals surface area (Å²) in [7, 11) is 1.68. The number of likely N-dealkylation sites (N-methyl/N-ethyl adjacent to an activating group) is 1. The average Bonchev–Trinajstić information content (AvgIpc) is 1.81. The van der Waals surface area contributed by atoms with E-state index < -0.39 is 18.7 Å². The van der Waals surface area contributed by atoms with Crippen LogP contribution in [0.5, 0.6) is 0 Å². The van der Waals surface area contributed by atoms with Crippen molar-refractivity contribution in [2.75, 3.05) is 13.6 Å². The van der Waals surface area contributed by atoms with E-state index in [2.05, 4.69) is 0 Å². The number of hydrogen-bond acceptors (Lipinski definition) is 2. The van der Waals surface area contributed by atoms with Gasteiger partial charge in [0.1, 0.15) is 0 Å². The molecule has 2 nitrogen and oxygen atoms in total. The van der Waals surface area contributed by atoms with Crippen LogP contribution in [0, 0.1) is 0 Å². The molecule has 0 spiro atoms. The molecule has 0 heterocycles. The maximum Gasteiger partial charge on any atom is 0.391 e. The van der Waals surface area contributed by atoms with Crippen molar-refractivity contribution in [3.8, 4) is 0 Å². The van der Waals surface area contributed by atoms with E-state index in [9.17, 15) is 13.2 Å². The molecule has 6 heteroatoms. The molecule has 0 amide bonds. The molecule has 0 rings (SSSR count). The fourth-order valence-electron chi connectivity index (χ4n) is 0.875. The number of hydrogen-bond donors (Lipinski definition) is 1. The summed E-state index contributed by atoms with van der Waals surface area (Å²) in [5, 5.41) is 9.04. The van der Waals surface area contributed by atoms with Gasteiger partial charge in [-0.1, -0.05) is 0 Å². The predicted molar refractivity (Wildman–Crippen MR) is 44.4 cm³/mol. The standard InChI is InChI=1S/C8H16F3NO.Co/c1-6(2)12(3)5-7(13)4-8(9,10)11;/h6-7,13H,4-5H2,1-3H3;. The van der Waals surface area contributed by atoms with Crippen LogP contribution in [0.15, 0.2) is 0 Å². The van der Waals surface area contributed by atoms with E-state index in [4.69, 9.17) is 5.11 Å². The van der Waals surface area contributed by atoms with Gasteiger partial charge in [0.2, 0.25) is 0 Å². The summed E-state index contributed by atoms with van der Waals surface area (Å²) in [5.74, 6) is 0. The summed E-state index contributed by atoms with van der Waals surface area (Å²) in [4.78, 5) is 1.68. The zero-order valence-electron chi connectivity index (χ0n) is 8.43. The fraction of sp³-hybridized carbons (Fsp3) is 1.00. The van der Waals surface area contributed by atoms with Crippen molar-refractivity contribution in [2.45, 2.75) is 38.6 Å². The van der Waals surface area contributed by atoms with Gasteiger partial charge in [-0.05, 0) is 20.9 Å². The predicted octanol–water partition coefficient (Wildman–Crippen LogP) is 1.64. The summed E-state index contributed by atoms with van der Waals surface area (Å²) in [6.45, 7) is 3.78. The second-order valence-corrected chi connectivity index (χ2v) is 3.51. The van der Waals surface area contributed by atoms with Gasteiger partial charge >= 0.3 is 6.18 Å². The minimum absolute atomic E-state index is 0. The Morgan fingerprint density at radius 1 is 1.29 bits per heavy atom. The molecular weight excluding hydrogens is 242 g/mol. The first-order valence-electron chi connectivity index (χ1n) is 4.17. The molecule has 0 bridgehead atoms. The van der Waals surface area contributed by atoms with Crippen LogP contribution in [0.1, 0.15) is 20.3 Å². The van der Waals surface area contributed by atoms with E-state index in [0.29, 0.717) is 0 Å². The van der Waals surface area contributed by atoms with Crippen molar-refractivity contribution >= 4 is 0 Å². The molecule has 0 aromatic rings. The number of aliphatic hydroxyl groups is 1. The maximum absolute atomic E-state index is 11.8. The normalized spacial score (nSPS) is 14.4. The molecule has 89 valence electrons. The molecule has 0 aromatic heterocycles. The van der Waals surface area contributed by atoms with E-state index >= 15 is 0 Å². The SMILES string of the molecule is CC(C)N(C)CC(O)CC(F)(F)F.[Co]. The van der Waals surface area contributed by atoms with E-state index in [1.54, 1.807) is 11.9 Å². The number of rotatable bonds is 4. The Morgan fingerprint density at radius 3 is 2.00 bits per heavy atom. The molecule has 0 aliphatic rings. The maximum atomic E-state index is 11.8. The molecule has 0 aliphatic heterocycles. The zero-order chi connectivity index (χ0) is 10.6. The van der Waals surface area contributed by atoms with Crippen LogP contribution in [0.25, 0.3) is 0 Å². The summed E-state index contributed by atoms with van der Waals surface area (Å²) < 4.78 is 35.3. The number of aliphatic hydroxyl groups excluding tert-OH is 1. The van der Waals surface area contributed by atoms with Crippen LogP contribution in [0.2, 0.25) is 0 Å². The van der Waals surface area contributed by atoms with Crippen molar-refractivity contribution in [3.05, 3.63) is 0 Å². The van der Waals surface area contributed by atoms with Gasteiger partial charge in [-0.25, -0.2) is 0 Å². The van der Waals surface area contributed by atoms with E-state index in [0.717, 1.165) is 0 Å². The number of nitrogens with zero attached hydrogens (tertiary/aromatic N) is 1. The van der Waals surface area contributed by atoms with Crippen LogP contribution >= 0.6 is 0 Å². The van der Waals surface area contributed by atoms with Crippen molar-refractivity contribution < 1.29 is 35.1 Å². The third-order valence-corrected chi connectivity index (χ3v) is 1.85. The van der Waals surface area contributed by atoms with Crippen LogP contribution in [0.4, 0.5) is 13.2 Å².